The fourth-order valence-electron chi connectivity index (χ4n) is 3.01. The first-order valence-corrected chi connectivity index (χ1v) is 7.94. The van der Waals surface area contributed by atoms with Gasteiger partial charge >= 0.3 is 6.18 Å². The maximum Gasteiger partial charge on any atom is 0.416 e. The van der Waals surface area contributed by atoms with Crippen molar-refractivity contribution in [1.29, 1.82) is 0 Å². The van der Waals surface area contributed by atoms with Gasteiger partial charge in [0.15, 0.2) is 0 Å². The summed E-state index contributed by atoms with van der Waals surface area (Å²) >= 11 is 0. The third kappa shape index (κ3) is 3.58. The van der Waals surface area contributed by atoms with Gasteiger partial charge in [-0.05, 0) is 37.6 Å². The lowest BCUT2D eigenvalue weighted by atomic mass is 10.1. The van der Waals surface area contributed by atoms with Gasteiger partial charge < -0.3 is 0 Å². The van der Waals surface area contributed by atoms with Gasteiger partial charge in [0.05, 0.1) is 17.0 Å². The monoisotopic (exact) mass is 323 g/mol. The van der Waals surface area contributed by atoms with E-state index in [-0.39, 0.29) is 0 Å². The van der Waals surface area contributed by atoms with Crippen LogP contribution in [-0.2, 0) is 19.3 Å². The minimum Gasteiger partial charge on any atom is -0.297 e. The Morgan fingerprint density at radius 3 is 2.52 bits per heavy atom. The molecule has 0 N–H and O–H groups in total. The van der Waals surface area contributed by atoms with Gasteiger partial charge in [0.2, 0.25) is 0 Å². The zero-order valence-corrected chi connectivity index (χ0v) is 13.1. The summed E-state index contributed by atoms with van der Waals surface area (Å²) < 4.78 is 39.9. The SMILES string of the molecule is CCCN1CCCn2nc(-c3ccc(C(F)(F)F)cc3)cc2C1. The molecule has 0 saturated carbocycles. The van der Waals surface area contributed by atoms with Gasteiger partial charge in [-0.2, -0.15) is 18.3 Å². The average molecular weight is 323 g/mol. The molecule has 3 nitrogen and oxygen atoms in total. The van der Waals surface area contributed by atoms with E-state index in [0.29, 0.717) is 0 Å². The Balaban J connectivity index is 1.84. The number of benzene rings is 1. The summed E-state index contributed by atoms with van der Waals surface area (Å²) in [6.45, 7) is 5.99. The van der Waals surface area contributed by atoms with Crippen molar-refractivity contribution in [3.05, 3.63) is 41.6 Å². The molecular weight excluding hydrogens is 303 g/mol. The predicted octanol–water partition coefficient (Wildman–Crippen LogP) is 4.18. The number of alkyl halides is 3. The number of hydrogen-bond acceptors (Lipinski definition) is 2. The number of fused-ring (bicyclic) bond motifs is 1. The van der Waals surface area contributed by atoms with E-state index in [4.69, 9.17) is 0 Å². The average Bonchev–Trinajstić information content (AvgIpc) is 2.80. The highest BCUT2D eigenvalue weighted by atomic mass is 19.4. The number of hydrogen-bond donors (Lipinski definition) is 0. The standard InChI is InChI=1S/C17H20F3N3/c1-2-8-22-9-3-10-23-15(12-22)11-16(21-23)13-4-6-14(7-5-13)17(18,19)20/h4-7,11H,2-3,8-10,12H2,1H3. The van der Waals surface area contributed by atoms with E-state index < -0.39 is 11.7 Å². The normalized spacial score (nSPS) is 16.2. The largest absolute Gasteiger partial charge is 0.416 e. The molecule has 0 fully saturated rings. The predicted molar refractivity (Wildman–Crippen MR) is 82.9 cm³/mol. The van der Waals surface area contributed by atoms with Crippen LogP contribution in [0.4, 0.5) is 13.2 Å². The van der Waals surface area contributed by atoms with Crippen molar-refractivity contribution in [1.82, 2.24) is 14.7 Å². The third-order valence-corrected chi connectivity index (χ3v) is 4.14. The zero-order chi connectivity index (χ0) is 16.4. The Hall–Kier alpha value is -1.82. The van der Waals surface area contributed by atoms with Crippen molar-refractivity contribution in [2.75, 3.05) is 13.1 Å². The van der Waals surface area contributed by atoms with Crippen LogP contribution in [0.1, 0.15) is 31.0 Å². The molecule has 2 heterocycles. The topological polar surface area (TPSA) is 21.1 Å². The molecular formula is C17H20F3N3. The molecule has 3 rings (SSSR count). The highest BCUT2D eigenvalue weighted by molar-refractivity contribution is 5.60. The van der Waals surface area contributed by atoms with Crippen molar-refractivity contribution < 1.29 is 13.2 Å². The lowest BCUT2D eigenvalue weighted by Gasteiger charge is -2.17. The van der Waals surface area contributed by atoms with E-state index in [1.165, 1.54) is 12.1 Å². The van der Waals surface area contributed by atoms with Gasteiger partial charge in [-0.3, -0.25) is 9.58 Å². The van der Waals surface area contributed by atoms with Gasteiger partial charge in [0.1, 0.15) is 0 Å². The molecule has 0 radical (unpaired) electrons. The fraction of sp³-hybridized carbons (Fsp3) is 0.471. The third-order valence-electron chi connectivity index (χ3n) is 4.14. The minimum atomic E-state index is -4.30. The smallest absolute Gasteiger partial charge is 0.297 e. The number of aryl methyl sites for hydroxylation is 1. The van der Waals surface area contributed by atoms with Gasteiger partial charge in [0, 0.05) is 25.2 Å². The van der Waals surface area contributed by atoms with Crippen LogP contribution in [0.15, 0.2) is 30.3 Å². The van der Waals surface area contributed by atoms with Gasteiger partial charge in [-0.1, -0.05) is 19.1 Å². The van der Waals surface area contributed by atoms with Crippen LogP contribution < -0.4 is 0 Å². The summed E-state index contributed by atoms with van der Waals surface area (Å²) in [4.78, 5) is 2.40. The highest BCUT2D eigenvalue weighted by Crippen LogP contribution is 2.31. The van der Waals surface area contributed by atoms with Crippen molar-refractivity contribution in [3.63, 3.8) is 0 Å². The zero-order valence-electron chi connectivity index (χ0n) is 13.1. The molecule has 1 aromatic heterocycles. The van der Waals surface area contributed by atoms with E-state index in [0.717, 1.165) is 68.1 Å². The van der Waals surface area contributed by atoms with E-state index in [1.807, 2.05) is 10.7 Å². The van der Waals surface area contributed by atoms with Crippen LogP contribution in [0.2, 0.25) is 0 Å². The van der Waals surface area contributed by atoms with E-state index >= 15 is 0 Å². The fourth-order valence-corrected chi connectivity index (χ4v) is 3.01. The Morgan fingerprint density at radius 2 is 1.87 bits per heavy atom. The van der Waals surface area contributed by atoms with Crippen LogP contribution in [-0.4, -0.2) is 27.8 Å². The summed E-state index contributed by atoms with van der Waals surface area (Å²) in [5.41, 5.74) is 1.97. The molecule has 0 bridgehead atoms. The second-order valence-electron chi connectivity index (χ2n) is 5.95. The Morgan fingerprint density at radius 1 is 1.13 bits per heavy atom. The van der Waals surface area contributed by atoms with Crippen LogP contribution in [0.3, 0.4) is 0 Å². The minimum absolute atomic E-state index is 0.629. The molecule has 1 aliphatic heterocycles. The summed E-state index contributed by atoms with van der Waals surface area (Å²) in [6, 6.07) is 7.22. The number of aromatic nitrogens is 2. The summed E-state index contributed by atoms with van der Waals surface area (Å²) in [5.74, 6) is 0. The van der Waals surface area contributed by atoms with Crippen LogP contribution in [0.25, 0.3) is 11.3 Å². The number of halogens is 3. The van der Waals surface area contributed by atoms with Crippen molar-refractivity contribution >= 4 is 0 Å². The van der Waals surface area contributed by atoms with Crippen molar-refractivity contribution in [2.24, 2.45) is 0 Å². The van der Waals surface area contributed by atoms with E-state index in [1.54, 1.807) is 0 Å². The maximum absolute atomic E-state index is 12.6. The molecule has 1 aromatic carbocycles. The van der Waals surface area contributed by atoms with Crippen LogP contribution in [0, 0.1) is 0 Å². The number of nitrogens with zero attached hydrogens (tertiary/aromatic N) is 3. The molecule has 0 spiro atoms. The highest BCUT2D eigenvalue weighted by Gasteiger charge is 2.30. The Bertz CT molecular complexity index is 659. The number of rotatable bonds is 3. The Labute approximate surface area is 133 Å². The molecule has 2 aromatic rings. The first-order chi connectivity index (χ1) is 11.0. The molecule has 0 atom stereocenters. The lowest BCUT2D eigenvalue weighted by Crippen LogP contribution is -2.23. The molecule has 0 amide bonds. The first-order valence-electron chi connectivity index (χ1n) is 7.94. The summed E-state index contributed by atoms with van der Waals surface area (Å²) in [7, 11) is 0. The molecule has 1 aliphatic rings. The van der Waals surface area contributed by atoms with Crippen molar-refractivity contribution in [2.45, 2.75) is 39.0 Å². The van der Waals surface area contributed by atoms with Crippen LogP contribution in [0.5, 0.6) is 0 Å². The van der Waals surface area contributed by atoms with Gasteiger partial charge in [-0.15, -0.1) is 0 Å². The Kier molecular flexibility index (Phi) is 4.43. The molecule has 0 unspecified atom stereocenters. The van der Waals surface area contributed by atoms with Gasteiger partial charge in [0.25, 0.3) is 0 Å². The molecule has 124 valence electrons. The molecule has 0 saturated heterocycles. The van der Waals surface area contributed by atoms with Gasteiger partial charge in [-0.25, -0.2) is 0 Å². The quantitative estimate of drug-likeness (QED) is 0.845. The van der Waals surface area contributed by atoms with Crippen LogP contribution >= 0.6 is 0 Å². The van der Waals surface area contributed by atoms with Crippen molar-refractivity contribution in [3.8, 4) is 11.3 Å². The lowest BCUT2D eigenvalue weighted by molar-refractivity contribution is -0.137. The van der Waals surface area contributed by atoms with E-state index in [9.17, 15) is 13.2 Å². The molecule has 6 heteroatoms. The first kappa shape index (κ1) is 16.1. The van der Waals surface area contributed by atoms with E-state index in [2.05, 4.69) is 16.9 Å². The molecule has 0 aliphatic carbocycles. The summed E-state index contributed by atoms with van der Waals surface area (Å²) in [5, 5.41) is 4.58. The second-order valence-corrected chi connectivity index (χ2v) is 5.95. The summed E-state index contributed by atoms with van der Waals surface area (Å²) in [6.07, 6.45) is -2.15. The second kappa shape index (κ2) is 6.35. The molecule has 23 heavy (non-hydrogen) atoms. The maximum atomic E-state index is 12.6.